The van der Waals surface area contributed by atoms with Crippen molar-refractivity contribution in [2.75, 3.05) is 19.6 Å². The standard InChI is InChI=1S/C15H21ClN2O/c1-11-8-17-7-3-5-13(17)10-18(11)9-12-4-2-6-14(16)15(12)19/h2,4,6,11,13,19H,3,5,7-10H2,1H3. The average molecular weight is 281 g/mol. The van der Waals surface area contributed by atoms with Crippen LogP contribution in [0.1, 0.15) is 25.3 Å². The summed E-state index contributed by atoms with van der Waals surface area (Å²) >= 11 is 5.98. The van der Waals surface area contributed by atoms with Gasteiger partial charge in [-0.25, -0.2) is 0 Å². The average Bonchev–Trinajstić information content (AvgIpc) is 2.82. The first-order chi connectivity index (χ1) is 9.15. The van der Waals surface area contributed by atoms with Crippen LogP contribution in [-0.4, -0.2) is 46.6 Å². The molecule has 0 aromatic heterocycles. The second kappa shape index (κ2) is 5.31. The van der Waals surface area contributed by atoms with Crippen molar-refractivity contribution in [1.82, 2.24) is 9.80 Å². The van der Waals surface area contributed by atoms with Crippen LogP contribution in [0, 0.1) is 0 Å². The lowest BCUT2D eigenvalue weighted by Crippen LogP contribution is -2.54. The summed E-state index contributed by atoms with van der Waals surface area (Å²) in [4.78, 5) is 5.08. The Morgan fingerprint density at radius 3 is 3.05 bits per heavy atom. The maximum Gasteiger partial charge on any atom is 0.138 e. The van der Waals surface area contributed by atoms with Gasteiger partial charge < -0.3 is 5.11 Å². The summed E-state index contributed by atoms with van der Waals surface area (Å²) in [6.07, 6.45) is 2.64. The fourth-order valence-electron chi connectivity index (χ4n) is 3.37. The first-order valence-electron chi connectivity index (χ1n) is 7.09. The number of nitrogens with zero attached hydrogens (tertiary/aromatic N) is 2. The molecule has 2 aliphatic rings. The van der Waals surface area contributed by atoms with Gasteiger partial charge in [0, 0.05) is 37.3 Å². The number of para-hydroxylation sites is 1. The third kappa shape index (κ3) is 2.60. The maximum atomic E-state index is 10.0. The molecule has 2 heterocycles. The van der Waals surface area contributed by atoms with E-state index < -0.39 is 0 Å². The van der Waals surface area contributed by atoms with Crippen LogP contribution in [-0.2, 0) is 6.54 Å². The molecule has 2 atom stereocenters. The van der Waals surface area contributed by atoms with Gasteiger partial charge in [0.1, 0.15) is 5.75 Å². The van der Waals surface area contributed by atoms with Gasteiger partial charge in [-0.05, 0) is 32.4 Å². The van der Waals surface area contributed by atoms with E-state index in [0.29, 0.717) is 17.1 Å². The van der Waals surface area contributed by atoms with E-state index >= 15 is 0 Å². The summed E-state index contributed by atoms with van der Waals surface area (Å²) in [6, 6.07) is 6.85. The van der Waals surface area contributed by atoms with Crippen molar-refractivity contribution in [3.63, 3.8) is 0 Å². The van der Waals surface area contributed by atoms with Crippen LogP contribution in [0.2, 0.25) is 5.02 Å². The minimum atomic E-state index is 0.241. The number of fused-ring (bicyclic) bond motifs is 1. The molecule has 3 rings (SSSR count). The smallest absolute Gasteiger partial charge is 0.138 e. The highest BCUT2D eigenvalue weighted by atomic mass is 35.5. The molecular formula is C15H21ClN2O. The number of phenols is 1. The lowest BCUT2D eigenvalue weighted by Gasteiger charge is -2.42. The highest BCUT2D eigenvalue weighted by Crippen LogP contribution is 2.30. The van der Waals surface area contributed by atoms with Crippen molar-refractivity contribution in [3.8, 4) is 5.75 Å². The van der Waals surface area contributed by atoms with Crippen LogP contribution < -0.4 is 0 Å². The van der Waals surface area contributed by atoms with Crippen LogP contribution >= 0.6 is 11.6 Å². The SMILES string of the molecule is CC1CN2CCCC2CN1Cc1cccc(Cl)c1O. The zero-order valence-electron chi connectivity index (χ0n) is 11.3. The fourth-order valence-corrected chi connectivity index (χ4v) is 3.57. The Balaban J connectivity index is 1.73. The van der Waals surface area contributed by atoms with Gasteiger partial charge in [-0.2, -0.15) is 0 Å². The fraction of sp³-hybridized carbons (Fsp3) is 0.600. The first kappa shape index (κ1) is 13.2. The van der Waals surface area contributed by atoms with Crippen molar-refractivity contribution in [2.45, 2.75) is 38.4 Å². The summed E-state index contributed by atoms with van der Waals surface area (Å²) in [7, 11) is 0. The molecule has 1 N–H and O–H groups in total. The Bertz CT molecular complexity index is 465. The number of rotatable bonds is 2. The normalized spacial score (nSPS) is 28.5. The van der Waals surface area contributed by atoms with E-state index in [1.54, 1.807) is 6.07 Å². The zero-order valence-corrected chi connectivity index (χ0v) is 12.1. The molecule has 0 saturated carbocycles. The van der Waals surface area contributed by atoms with Crippen molar-refractivity contribution in [3.05, 3.63) is 28.8 Å². The number of benzene rings is 1. The molecule has 19 heavy (non-hydrogen) atoms. The van der Waals surface area contributed by atoms with Gasteiger partial charge in [0.2, 0.25) is 0 Å². The Morgan fingerprint density at radius 2 is 2.21 bits per heavy atom. The highest BCUT2D eigenvalue weighted by Gasteiger charge is 2.34. The topological polar surface area (TPSA) is 26.7 Å². The predicted octanol–water partition coefficient (Wildman–Crippen LogP) is 2.71. The molecule has 4 heteroatoms. The first-order valence-corrected chi connectivity index (χ1v) is 7.47. The van der Waals surface area contributed by atoms with Crippen molar-refractivity contribution in [1.29, 1.82) is 0 Å². The lowest BCUT2D eigenvalue weighted by atomic mass is 10.1. The summed E-state index contributed by atoms with van der Waals surface area (Å²) in [5, 5.41) is 10.5. The largest absolute Gasteiger partial charge is 0.506 e. The molecule has 0 amide bonds. The molecule has 0 aliphatic carbocycles. The molecular weight excluding hydrogens is 260 g/mol. The summed E-state index contributed by atoms with van der Waals surface area (Å²) < 4.78 is 0. The maximum absolute atomic E-state index is 10.0. The van der Waals surface area contributed by atoms with Gasteiger partial charge in [-0.3, -0.25) is 9.80 Å². The third-order valence-electron chi connectivity index (χ3n) is 4.51. The van der Waals surface area contributed by atoms with Crippen molar-refractivity contribution >= 4 is 11.6 Å². The van der Waals surface area contributed by atoms with Crippen LogP contribution in [0.5, 0.6) is 5.75 Å². The van der Waals surface area contributed by atoms with Crippen LogP contribution in [0.25, 0.3) is 0 Å². The summed E-state index contributed by atoms with van der Waals surface area (Å²) in [5.74, 6) is 0.241. The van der Waals surface area contributed by atoms with Gasteiger partial charge in [0.15, 0.2) is 0 Å². The van der Waals surface area contributed by atoms with E-state index in [4.69, 9.17) is 11.6 Å². The van der Waals surface area contributed by atoms with Crippen LogP contribution in [0.3, 0.4) is 0 Å². The monoisotopic (exact) mass is 280 g/mol. The third-order valence-corrected chi connectivity index (χ3v) is 4.82. The predicted molar refractivity (Wildman–Crippen MR) is 77.6 cm³/mol. The van der Waals surface area contributed by atoms with E-state index in [1.165, 1.54) is 19.4 Å². The highest BCUT2D eigenvalue weighted by molar-refractivity contribution is 6.32. The van der Waals surface area contributed by atoms with Gasteiger partial charge in [-0.1, -0.05) is 23.7 Å². The second-order valence-corrected chi connectivity index (χ2v) is 6.22. The Morgan fingerprint density at radius 1 is 1.37 bits per heavy atom. The molecule has 1 aromatic rings. The summed E-state index contributed by atoms with van der Waals surface area (Å²) in [6.45, 7) is 6.57. The van der Waals surface area contributed by atoms with Crippen molar-refractivity contribution in [2.24, 2.45) is 0 Å². The quantitative estimate of drug-likeness (QED) is 0.902. The second-order valence-electron chi connectivity index (χ2n) is 5.82. The van der Waals surface area contributed by atoms with Gasteiger partial charge >= 0.3 is 0 Å². The van der Waals surface area contributed by atoms with Crippen LogP contribution in [0.4, 0.5) is 0 Å². The molecule has 0 radical (unpaired) electrons. The molecule has 104 valence electrons. The zero-order chi connectivity index (χ0) is 13.4. The Labute approximate surface area is 119 Å². The number of aromatic hydroxyl groups is 1. The minimum Gasteiger partial charge on any atom is -0.506 e. The van der Waals surface area contributed by atoms with Crippen molar-refractivity contribution < 1.29 is 5.11 Å². The lowest BCUT2D eigenvalue weighted by molar-refractivity contribution is 0.0535. The van der Waals surface area contributed by atoms with E-state index in [0.717, 1.165) is 25.2 Å². The molecule has 3 nitrogen and oxygen atoms in total. The number of hydrogen-bond donors (Lipinski definition) is 1. The minimum absolute atomic E-state index is 0.241. The summed E-state index contributed by atoms with van der Waals surface area (Å²) in [5.41, 5.74) is 0.936. The van der Waals surface area contributed by atoms with E-state index in [-0.39, 0.29) is 5.75 Å². The molecule has 2 fully saturated rings. The van der Waals surface area contributed by atoms with Gasteiger partial charge in [0.05, 0.1) is 5.02 Å². The van der Waals surface area contributed by atoms with E-state index in [1.807, 2.05) is 12.1 Å². The number of piperazine rings is 1. The Hall–Kier alpha value is -0.770. The molecule has 2 saturated heterocycles. The van der Waals surface area contributed by atoms with E-state index in [9.17, 15) is 5.11 Å². The molecule has 0 spiro atoms. The molecule has 2 aliphatic heterocycles. The van der Waals surface area contributed by atoms with E-state index in [2.05, 4.69) is 16.7 Å². The van der Waals surface area contributed by atoms with Gasteiger partial charge in [-0.15, -0.1) is 0 Å². The Kier molecular flexibility index (Phi) is 3.70. The number of phenolic OH excluding ortho intramolecular Hbond substituents is 1. The van der Waals surface area contributed by atoms with Gasteiger partial charge in [0.25, 0.3) is 0 Å². The number of hydrogen-bond acceptors (Lipinski definition) is 3. The molecule has 2 unspecified atom stereocenters. The van der Waals surface area contributed by atoms with Crippen LogP contribution in [0.15, 0.2) is 18.2 Å². The molecule has 0 bridgehead atoms. The molecule has 1 aromatic carbocycles. The number of halogens is 1.